The maximum atomic E-state index is 12.7. The van der Waals surface area contributed by atoms with Crippen LogP contribution in [0.15, 0.2) is 47.4 Å². The molecule has 0 heterocycles. The number of sulfonamides is 1. The van der Waals surface area contributed by atoms with E-state index in [2.05, 4.69) is 5.32 Å². The fraction of sp³-hybridized carbons (Fsp3) is 0.235. The molecule has 2 aromatic carbocycles. The molecule has 26 heavy (non-hydrogen) atoms. The molecule has 2 aromatic rings. The standard InChI is InChI=1S/C17H17F3N2O3S/c1-11-5-3-8-15(12(11)2)22-16(23)10-21-26(24,25)14-7-4-6-13(9-14)17(18,19)20/h3-9,21H,10H2,1-2H3,(H,22,23). The van der Waals surface area contributed by atoms with Crippen molar-refractivity contribution in [2.45, 2.75) is 24.9 Å². The third-order valence-electron chi connectivity index (χ3n) is 3.77. The smallest absolute Gasteiger partial charge is 0.325 e. The lowest BCUT2D eigenvalue weighted by Gasteiger charge is -2.12. The molecule has 0 aromatic heterocycles. The first-order valence-corrected chi connectivity index (χ1v) is 9.02. The Morgan fingerprint density at radius 2 is 1.73 bits per heavy atom. The van der Waals surface area contributed by atoms with Crippen molar-refractivity contribution in [1.82, 2.24) is 4.72 Å². The average molecular weight is 386 g/mol. The number of alkyl halides is 3. The van der Waals surface area contributed by atoms with Crippen molar-refractivity contribution in [2.75, 3.05) is 11.9 Å². The Kier molecular flexibility index (Phi) is 5.72. The average Bonchev–Trinajstić information content (AvgIpc) is 2.57. The summed E-state index contributed by atoms with van der Waals surface area (Å²) in [5, 5.41) is 2.56. The molecule has 0 atom stereocenters. The number of aryl methyl sites for hydroxylation is 1. The summed E-state index contributed by atoms with van der Waals surface area (Å²) >= 11 is 0. The molecule has 0 saturated carbocycles. The Morgan fingerprint density at radius 1 is 1.08 bits per heavy atom. The van der Waals surface area contributed by atoms with E-state index in [0.29, 0.717) is 11.8 Å². The normalized spacial score (nSPS) is 12.0. The molecule has 0 bridgehead atoms. The maximum Gasteiger partial charge on any atom is 0.416 e. The zero-order chi connectivity index (χ0) is 19.5. The van der Waals surface area contributed by atoms with Crippen molar-refractivity contribution in [3.8, 4) is 0 Å². The van der Waals surface area contributed by atoms with Gasteiger partial charge in [-0.25, -0.2) is 13.1 Å². The van der Waals surface area contributed by atoms with E-state index >= 15 is 0 Å². The van der Waals surface area contributed by atoms with Gasteiger partial charge in [0.2, 0.25) is 15.9 Å². The molecule has 9 heteroatoms. The summed E-state index contributed by atoms with van der Waals surface area (Å²) in [5.74, 6) is -0.630. The lowest BCUT2D eigenvalue weighted by Crippen LogP contribution is -2.33. The third kappa shape index (κ3) is 4.83. The first-order valence-electron chi connectivity index (χ1n) is 7.54. The SMILES string of the molecule is Cc1cccc(NC(=O)CNS(=O)(=O)c2cccc(C(F)(F)F)c2)c1C. The van der Waals surface area contributed by atoms with Gasteiger partial charge in [0.25, 0.3) is 0 Å². The second-order valence-electron chi connectivity index (χ2n) is 5.65. The highest BCUT2D eigenvalue weighted by Gasteiger charge is 2.31. The number of benzene rings is 2. The zero-order valence-corrected chi connectivity index (χ0v) is 14.8. The predicted molar refractivity (Wildman–Crippen MR) is 91.2 cm³/mol. The highest BCUT2D eigenvalue weighted by Crippen LogP contribution is 2.30. The first-order chi connectivity index (χ1) is 12.0. The Morgan fingerprint density at radius 3 is 2.38 bits per heavy atom. The summed E-state index contributed by atoms with van der Waals surface area (Å²) in [5.41, 5.74) is 1.24. The van der Waals surface area contributed by atoms with E-state index < -0.39 is 39.1 Å². The van der Waals surface area contributed by atoms with Gasteiger partial charge < -0.3 is 5.32 Å². The molecule has 0 aliphatic rings. The number of hydrogen-bond acceptors (Lipinski definition) is 3. The van der Waals surface area contributed by atoms with E-state index in [1.165, 1.54) is 0 Å². The van der Waals surface area contributed by atoms with Crippen LogP contribution in [0.1, 0.15) is 16.7 Å². The number of amides is 1. The van der Waals surface area contributed by atoms with Gasteiger partial charge in [0.15, 0.2) is 0 Å². The Labute approximate surface area is 149 Å². The van der Waals surface area contributed by atoms with Crippen molar-refractivity contribution >= 4 is 21.6 Å². The first kappa shape index (κ1) is 19.9. The van der Waals surface area contributed by atoms with Crippen LogP contribution in [0.25, 0.3) is 0 Å². The van der Waals surface area contributed by atoms with E-state index in [4.69, 9.17) is 0 Å². The molecule has 0 saturated heterocycles. The molecule has 0 unspecified atom stereocenters. The number of anilines is 1. The van der Waals surface area contributed by atoms with Crippen molar-refractivity contribution in [3.63, 3.8) is 0 Å². The lowest BCUT2D eigenvalue weighted by molar-refractivity contribution is -0.137. The monoisotopic (exact) mass is 386 g/mol. The summed E-state index contributed by atoms with van der Waals surface area (Å²) in [6.45, 7) is 3.06. The van der Waals surface area contributed by atoms with Crippen LogP contribution in [0, 0.1) is 13.8 Å². The molecule has 0 aliphatic heterocycles. The van der Waals surface area contributed by atoms with E-state index in [1.807, 2.05) is 17.7 Å². The van der Waals surface area contributed by atoms with E-state index in [-0.39, 0.29) is 0 Å². The molecule has 0 aliphatic carbocycles. The van der Waals surface area contributed by atoms with Crippen molar-refractivity contribution in [2.24, 2.45) is 0 Å². The molecule has 2 N–H and O–H groups in total. The van der Waals surface area contributed by atoms with E-state index in [0.717, 1.165) is 29.3 Å². The largest absolute Gasteiger partial charge is 0.416 e. The molecule has 1 amide bonds. The van der Waals surface area contributed by atoms with Crippen LogP contribution in [-0.2, 0) is 21.0 Å². The van der Waals surface area contributed by atoms with Crippen LogP contribution in [0.3, 0.4) is 0 Å². The summed E-state index contributed by atoms with van der Waals surface area (Å²) in [6, 6.07) is 8.58. The van der Waals surface area contributed by atoms with Crippen LogP contribution < -0.4 is 10.0 Å². The van der Waals surface area contributed by atoms with Crippen LogP contribution in [0.5, 0.6) is 0 Å². The van der Waals surface area contributed by atoms with Gasteiger partial charge in [0.05, 0.1) is 17.0 Å². The number of rotatable bonds is 5. The zero-order valence-electron chi connectivity index (χ0n) is 14.0. The number of carbonyl (C=O) groups is 1. The number of halogens is 3. The Bertz CT molecular complexity index is 925. The summed E-state index contributed by atoms with van der Waals surface area (Å²) in [7, 11) is -4.26. The molecule has 2 rings (SSSR count). The number of hydrogen-bond donors (Lipinski definition) is 2. The molecule has 0 radical (unpaired) electrons. The van der Waals surface area contributed by atoms with Gasteiger partial charge in [0, 0.05) is 5.69 Å². The van der Waals surface area contributed by atoms with Crippen LogP contribution in [0.4, 0.5) is 18.9 Å². The second kappa shape index (κ2) is 7.46. The van der Waals surface area contributed by atoms with Crippen molar-refractivity contribution < 1.29 is 26.4 Å². The molecule has 0 fully saturated rings. The van der Waals surface area contributed by atoms with Crippen molar-refractivity contribution in [3.05, 3.63) is 59.2 Å². The topological polar surface area (TPSA) is 75.3 Å². The van der Waals surface area contributed by atoms with Gasteiger partial charge in [-0.2, -0.15) is 13.2 Å². The molecular formula is C17H17F3N2O3S. The maximum absolute atomic E-state index is 12.7. The van der Waals surface area contributed by atoms with Crippen LogP contribution in [-0.4, -0.2) is 20.9 Å². The van der Waals surface area contributed by atoms with E-state index in [1.54, 1.807) is 19.1 Å². The highest BCUT2D eigenvalue weighted by molar-refractivity contribution is 7.89. The van der Waals surface area contributed by atoms with Gasteiger partial charge in [-0.05, 0) is 49.2 Å². The number of carbonyl (C=O) groups excluding carboxylic acids is 1. The minimum atomic E-state index is -4.66. The minimum Gasteiger partial charge on any atom is -0.325 e. The van der Waals surface area contributed by atoms with E-state index in [9.17, 15) is 26.4 Å². The van der Waals surface area contributed by atoms with Gasteiger partial charge in [0.1, 0.15) is 0 Å². The van der Waals surface area contributed by atoms with Gasteiger partial charge in [-0.3, -0.25) is 4.79 Å². The Hall–Kier alpha value is -2.39. The summed E-state index contributed by atoms with van der Waals surface area (Å²) < 4.78 is 64.4. The minimum absolute atomic E-state index is 0.519. The quantitative estimate of drug-likeness (QED) is 0.828. The summed E-state index contributed by atoms with van der Waals surface area (Å²) in [4.78, 5) is 11.4. The molecule has 140 valence electrons. The van der Waals surface area contributed by atoms with Gasteiger partial charge in [-0.15, -0.1) is 0 Å². The van der Waals surface area contributed by atoms with Crippen LogP contribution >= 0.6 is 0 Å². The second-order valence-corrected chi connectivity index (χ2v) is 7.41. The van der Waals surface area contributed by atoms with Crippen molar-refractivity contribution in [1.29, 1.82) is 0 Å². The molecule has 5 nitrogen and oxygen atoms in total. The predicted octanol–water partition coefficient (Wildman–Crippen LogP) is 3.24. The van der Waals surface area contributed by atoms with Gasteiger partial charge in [-0.1, -0.05) is 18.2 Å². The fourth-order valence-corrected chi connectivity index (χ4v) is 3.19. The number of nitrogens with one attached hydrogen (secondary N) is 2. The van der Waals surface area contributed by atoms with Crippen LogP contribution in [0.2, 0.25) is 0 Å². The molecule has 0 spiro atoms. The summed E-state index contributed by atoms with van der Waals surface area (Å²) in [6.07, 6.45) is -4.66. The van der Waals surface area contributed by atoms with Gasteiger partial charge >= 0.3 is 6.18 Å². The molecular weight excluding hydrogens is 369 g/mol. The fourth-order valence-electron chi connectivity index (χ4n) is 2.16. The third-order valence-corrected chi connectivity index (χ3v) is 5.17. The lowest BCUT2D eigenvalue weighted by atomic mass is 10.1. The Balaban J connectivity index is 2.08. The highest BCUT2D eigenvalue weighted by atomic mass is 32.2.